The number of aliphatic hydroxyl groups excluding tert-OH is 1. The molecular formula is C14H21NO3S. The number of hydrogen-bond donors (Lipinski definition) is 1. The van der Waals surface area contributed by atoms with E-state index >= 15 is 0 Å². The van der Waals surface area contributed by atoms with Crippen LogP contribution in [-0.2, 0) is 9.84 Å². The van der Waals surface area contributed by atoms with Crippen LogP contribution in [0.25, 0.3) is 0 Å². The Bertz CT molecular complexity index is 504. The van der Waals surface area contributed by atoms with Gasteiger partial charge in [-0.3, -0.25) is 0 Å². The molecule has 1 aromatic rings. The quantitative estimate of drug-likeness (QED) is 0.895. The molecule has 1 aliphatic carbocycles. The van der Waals surface area contributed by atoms with Crippen LogP contribution >= 0.6 is 0 Å². The summed E-state index contributed by atoms with van der Waals surface area (Å²) in [7, 11) is -3.14. The molecule has 0 unspecified atom stereocenters. The van der Waals surface area contributed by atoms with Gasteiger partial charge in [-0.05, 0) is 37.1 Å². The lowest BCUT2D eigenvalue weighted by atomic mass is 10.1. The summed E-state index contributed by atoms with van der Waals surface area (Å²) in [6.07, 6.45) is 5.97. The zero-order valence-electron chi connectivity index (χ0n) is 11.2. The lowest BCUT2D eigenvalue weighted by molar-refractivity contribution is 0.297. The molecule has 1 saturated carbocycles. The summed E-state index contributed by atoms with van der Waals surface area (Å²) in [5.41, 5.74) is 0.994. The second kappa shape index (κ2) is 5.92. The molecule has 19 heavy (non-hydrogen) atoms. The number of benzene rings is 1. The van der Waals surface area contributed by atoms with E-state index < -0.39 is 9.84 Å². The largest absolute Gasteiger partial charge is 0.395 e. The summed E-state index contributed by atoms with van der Waals surface area (Å²) < 4.78 is 22.9. The molecule has 1 fully saturated rings. The Kier molecular flexibility index (Phi) is 4.47. The minimum Gasteiger partial charge on any atom is -0.395 e. The number of anilines is 1. The van der Waals surface area contributed by atoms with E-state index in [-0.39, 0.29) is 6.61 Å². The van der Waals surface area contributed by atoms with Gasteiger partial charge in [0, 0.05) is 24.5 Å². The van der Waals surface area contributed by atoms with E-state index in [1.165, 1.54) is 19.1 Å². The van der Waals surface area contributed by atoms with Gasteiger partial charge in [0.2, 0.25) is 0 Å². The standard InChI is InChI=1S/C14H21NO3S/c1-19(17,18)14-8-6-13(7-9-14)15(10-11-16)12-4-2-3-5-12/h6-9,12,16H,2-5,10-11H2,1H3. The van der Waals surface area contributed by atoms with Crippen molar-refractivity contribution < 1.29 is 13.5 Å². The van der Waals surface area contributed by atoms with E-state index in [0.29, 0.717) is 17.5 Å². The second-order valence-electron chi connectivity index (χ2n) is 5.12. The normalized spacial score (nSPS) is 16.7. The molecule has 0 heterocycles. The molecule has 0 spiro atoms. The monoisotopic (exact) mass is 283 g/mol. The fourth-order valence-electron chi connectivity index (χ4n) is 2.73. The van der Waals surface area contributed by atoms with E-state index in [9.17, 15) is 13.5 Å². The van der Waals surface area contributed by atoms with Gasteiger partial charge in [-0.15, -0.1) is 0 Å². The van der Waals surface area contributed by atoms with E-state index in [4.69, 9.17) is 0 Å². The Balaban J connectivity index is 2.22. The molecule has 0 radical (unpaired) electrons. The van der Waals surface area contributed by atoms with Gasteiger partial charge in [0.05, 0.1) is 11.5 Å². The third-order valence-electron chi connectivity index (χ3n) is 3.70. The van der Waals surface area contributed by atoms with Crippen LogP contribution in [-0.4, -0.2) is 39.0 Å². The minimum absolute atomic E-state index is 0.115. The first-order valence-corrected chi connectivity index (χ1v) is 8.59. The summed E-state index contributed by atoms with van der Waals surface area (Å²) in [5.74, 6) is 0. The highest BCUT2D eigenvalue weighted by Crippen LogP contribution is 2.28. The highest BCUT2D eigenvalue weighted by Gasteiger charge is 2.22. The van der Waals surface area contributed by atoms with Crippen molar-refractivity contribution in [2.75, 3.05) is 24.3 Å². The lowest BCUT2D eigenvalue weighted by Crippen LogP contribution is -2.35. The van der Waals surface area contributed by atoms with Crippen LogP contribution in [0.2, 0.25) is 0 Å². The molecule has 0 atom stereocenters. The Labute approximate surface area is 115 Å². The van der Waals surface area contributed by atoms with Crippen molar-refractivity contribution in [1.29, 1.82) is 0 Å². The van der Waals surface area contributed by atoms with Gasteiger partial charge in [-0.25, -0.2) is 8.42 Å². The van der Waals surface area contributed by atoms with Gasteiger partial charge in [0.15, 0.2) is 9.84 Å². The molecule has 0 aromatic heterocycles. The maximum atomic E-state index is 11.4. The molecule has 4 nitrogen and oxygen atoms in total. The van der Waals surface area contributed by atoms with Crippen molar-refractivity contribution in [2.24, 2.45) is 0 Å². The van der Waals surface area contributed by atoms with Crippen LogP contribution < -0.4 is 4.90 Å². The first-order valence-electron chi connectivity index (χ1n) is 6.70. The number of sulfone groups is 1. The highest BCUT2D eigenvalue weighted by molar-refractivity contribution is 7.90. The molecule has 2 rings (SSSR count). The van der Waals surface area contributed by atoms with Crippen LogP contribution in [0.4, 0.5) is 5.69 Å². The zero-order chi connectivity index (χ0) is 13.9. The van der Waals surface area contributed by atoms with Crippen molar-refractivity contribution in [1.82, 2.24) is 0 Å². The second-order valence-corrected chi connectivity index (χ2v) is 7.14. The number of nitrogens with zero attached hydrogens (tertiary/aromatic N) is 1. The average molecular weight is 283 g/mol. The maximum Gasteiger partial charge on any atom is 0.175 e. The van der Waals surface area contributed by atoms with Gasteiger partial charge in [0.1, 0.15) is 0 Å². The van der Waals surface area contributed by atoms with Crippen molar-refractivity contribution in [3.05, 3.63) is 24.3 Å². The number of rotatable bonds is 5. The molecule has 0 bridgehead atoms. The van der Waals surface area contributed by atoms with E-state index in [2.05, 4.69) is 4.90 Å². The smallest absolute Gasteiger partial charge is 0.175 e. The van der Waals surface area contributed by atoms with E-state index in [1.54, 1.807) is 12.1 Å². The molecule has 1 aromatic carbocycles. The Morgan fingerprint density at radius 3 is 2.26 bits per heavy atom. The third kappa shape index (κ3) is 3.48. The molecule has 5 heteroatoms. The van der Waals surface area contributed by atoms with Gasteiger partial charge >= 0.3 is 0 Å². The summed E-state index contributed by atoms with van der Waals surface area (Å²) >= 11 is 0. The van der Waals surface area contributed by atoms with Gasteiger partial charge < -0.3 is 10.0 Å². The minimum atomic E-state index is -3.14. The highest BCUT2D eigenvalue weighted by atomic mass is 32.2. The van der Waals surface area contributed by atoms with Crippen molar-refractivity contribution >= 4 is 15.5 Å². The summed E-state index contributed by atoms with van der Waals surface area (Å²) in [5, 5.41) is 9.20. The SMILES string of the molecule is CS(=O)(=O)c1ccc(N(CCO)C2CCCC2)cc1. The van der Waals surface area contributed by atoms with Gasteiger partial charge in [-0.1, -0.05) is 12.8 Å². The molecule has 0 saturated heterocycles. The summed E-state index contributed by atoms with van der Waals surface area (Å²) in [6.45, 7) is 0.715. The van der Waals surface area contributed by atoms with E-state index in [1.807, 2.05) is 12.1 Å². The molecular weight excluding hydrogens is 262 g/mol. The average Bonchev–Trinajstić information content (AvgIpc) is 2.89. The molecule has 0 amide bonds. The van der Waals surface area contributed by atoms with Crippen LogP contribution in [0.15, 0.2) is 29.2 Å². The van der Waals surface area contributed by atoms with Crippen LogP contribution in [0.1, 0.15) is 25.7 Å². The molecule has 0 aliphatic heterocycles. The number of hydrogen-bond acceptors (Lipinski definition) is 4. The number of aliphatic hydroxyl groups is 1. The Morgan fingerprint density at radius 2 is 1.79 bits per heavy atom. The first-order chi connectivity index (χ1) is 9.02. The zero-order valence-corrected chi connectivity index (χ0v) is 12.1. The first kappa shape index (κ1) is 14.3. The fourth-order valence-corrected chi connectivity index (χ4v) is 3.36. The van der Waals surface area contributed by atoms with Crippen LogP contribution in [0.5, 0.6) is 0 Å². The van der Waals surface area contributed by atoms with Gasteiger partial charge in [0.25, 0.3) is 0 Å². The molecule has 1 aliphatic rings. The predicted molar refractivity (Wildman–Crippen MR) is 76.2 cm³/mol. The predicted octanol–water partition coefficient (Wildman–Crippen LogP) is 1.83. The van der Waals surface area contributed by atoms with Crippen LogP contribution in [0, 0.1) is 0 Å². The maximum absolute atomic E-state index is 11.4. The molecule has 106 valence electrons. The van der Waals surface area contributed by atoms with E-state index in [0.717, 1.165) is 18.5 Å². The summed E-state index contributed by atoms with van der Waals surface area (Å²) in [4.78, 5) is 2.53. The molecule has 1 N–H and O–H groups in total. The van der Waals surface area contributed by atoms with Gasteiger partial charge in [-0.2, -0.15) is 0 Å². The third-order valence-corrected chi connectivity index (χ3v) is 4.83. The Hall–Kier alpha value is -1.07. The summed E-state index contributed by atoms with van der Waals surface area (Å²) in [6, 6.07) is 7.43. The Morgan fingerprint density at radius 1 is 1.21 bits per heavy atom. The fraction of sp³-hybridized carbons (Fsp3) is 0.571. The van der Waals surface area contributed by atoms with Crippen LogP contribution in [0.3, 0.4) is 0 Å². The topological polar surface area (TPSA) is 57.6 Å². The van der Waals surface area contributed by atoms with Crippen molar-refractivity contribution in [3.63, 3.8) is 0 Å². The van der Waals surface area contributed by atoms with Crippen molar-refractivity contribution in [2.45, 2.75) is 36.6 Å². The van der Waals surface area contributed by atoms with Crippen molar-refractivity contribution in [3.8, 4) is 0 Å². The lowest BCUT2D eigenvalue weighted by Gasteiger charge is -2.30.